The van der Waals surface area contributed by atoms with Crippen LogP contribution in [0.2, 0.25) is 5.02 Å². The molecule has 8 heteroatoms. The van der Waals surface area contributed by atoms with Gasteiger partial charge in [-0.1, -0.05) is 41.9 Å². The van der Waals surface area contributed by atoms with Crippen LogP contribution >= 0.6 is 11.6 Å². The first-order valence-corrected chi connectivity index (χ1v) is 9.66. The van der Waals surface area contributed by atoms with Crippen molar-refractivity contribution in [3.05, 3.63) is 76.3 Å². The third-order valence-corrected chi connectivity index (χ3v) is 4.66. The van der Waals surface area contributed by atoms with Crippen molar-refractivity contribution < 1.29 is 9.59 Å². The maximum atomic E-state index is 13.1. The highest BCUT2D eigenvalue weighted by atomic mass is 35.5. The zero-order valence-electron chi connectivity index (χ0n) is 16.1. The highest BCUT2D eigenvalue weighted by Crippen LogP contribution is 2.24. The summed E-state index contributed by atoms with van der Waals surface area (Å²) in [5, 5.41) is 11.6. The Hall–Kier alpha value is -3.03. The SMILES string of the molecule is Cc1nnc(CNC(=O)CCCN)n1-c1ccc(Cl)cc1C(=O)c1ccccc1. The molecular weight excluding hydrogens is 390 g/mol. The molecule has 0 saturated heterocycles. The van der Waals surface area contributed by atoms with Gasteiger partial charge in [0.2, 0.25) is 5.91 Å². The predicted molar refractivity (Wildman–Crippen MR) is 111 cm³/mol. The largest absolute Gasteiger partial charge is 0.349 e. The van der Waals surface area contributed by atoms with E-state index in [9.17, 15) is 9.59 Å². The number of nitrogens with zero attached hydrogens (tertiary/aromatic N) is 3. The van der Waals surface area contributed by atoms with E-state index >= 15 is 0 Å². The molecule has 1 heterocycles. The number of amides is 1. The number of rotatable bonds is 8. The molecule has 3 rings (SSSR count). The van der Waals surface area contributed by atoms with Gasteiger partial charge in [0.05, 0.1) is 12.2 Å². The van der Waals surface area contributed by atoms with E-state index < -0.39 is 0 Å². The summed E-state index contributed by atoms with van der Waals surface area (Å²) in [6.07, 6.45) is 0.965. The Kier molecular flexibility index (Phi) is 6.74. The van der Waals surface area contributed by atoms with Crippen LogP contribution in [-0.4, -0.2) is 33.0 Å². The molecule has 3 N–H and O–H groups in total. The lowest BCUT2D eigenvalue weighted by Crippen LogP contribution is -2.25. The molecule has 0 aliphatic carbocycles. The van der Waals surface area contributed by atoms with Crippen molar-refractivity contribution in [1.29, 1.82) is 0 Å². The molecule has 150 valence electrons. The summed E-state index contributed by atoms with van der Waals surface area (Å²) >= 11 is 6.18. The molecule has 1 amide bonds. The predicted octanol–water partition coefficient (Wildman–Crippen LogP) is 2.82. The van der Waals surface area contributed by atoms with E-state index in [0.29, 0.717) is 52.9 Å². The highest BCUT2D eigenvalue weighted by Gasteiger charge is 2.20. The molecule has 0 unspecified atom stereocenters. The molecule has 0 bridgehead atoms. The van der Waals surface area contributed by atoms with Gasteiger partial charge in [0.25, 0.3) is 0 Å². The van der Waals surface area contributed by atoms with Crippen molar-refractivity contribution in [3.63, 3.8) is 0 Å². The van der Waals surface area contributed by atoms with E-state index in [1.165, 1.54) is 0 Å². The van der Waals surface area contributed by atoms with Gasteiger partial charge in [-0.3, -0.25) is 14.2 Å². The molecule has 0 atom stereocenters. The molecule has 0 aliphatic rings. The molecule has 3 aromatic rings. The molecule has 0 fully saturated rings. The number of hydrogen-bond donors (Lipinski definition) is 2. The van der Waals surface area contributed by atoms with Crippen LogP contribution in [0.15, 0.2) is 48.5 Å². The van der Waals surface area contributed by atoms with Gasteiger partial charge in [0.15, 0.2) is 11.6 Å². The van der Waals surface area contributed by atoms with E-state index in [1.807, 2.05) is 18.2 Å². The van der Waals surface area contributed by atoms with E-state index in [4.69, 9.17) is 17.3 Å². The van der Waals surface area contributed by atoms with Gasteiger partial charge < -0.3 is 11.1 Å². The summed E-state index contributed by atoms with van der Waals surface area (Å²) in [7, 11) is 0. The van der Waals surface area contributed by atoms with Gasteiger partial charge >= 0.3 is 0 Å². The fourth-order valence-corrected chi connectivity index (χ4v) is 3.16. The van der Waals surface area contributed by atoms with Crippen LogP contribution in [0.3, 0.4) is 0 Å². The van der Waals surface area contributed by atoms with Crippen LogP contribution in [0, 0.1) is 6.92 Å². The summed E-state index contributed by atoms with van der Waals surface area (Å²) in [6.45, 7) is 2.43. The number of aromatic nitrogens is 3. The molecule has 0 saturated carbocycles. The van der Waals surface area contributed by atoms with Crippen LogP contribution in [-0.2, 0) is 11.3 Å². The lowest BCUT2D eigenvalue weighted by Gasteiger charge is -2.14. The lowest BCUT2D eigenvalue weighted by atomic mass is 10.0. The summed E-state index contributed by atoms with van der Waals surface area (Å²) in [5.41, 5.74) is 7.04. The van der Waals surface area contributed by atoms with Gasteiger partial charge in [-0.15, -0.1) is 10.2 Å². The third-order valence-electron chi connectivity index (χ3n) is 4.42. The number of carbonyl (C=O) groups is 2. The Labute approximate surface area is 173 Å². The van der Waals surface area contributed by atoms with E-state index in [2.05, 4.69) is 15.5 Å². The Morgan fingerprint density at radius 2 is 1.90 bits per heavy atom. The molecule has 29 heavy (non-hydrogen) atoms. The number of carbonyl (C=O) groups excluding carboxylic acids is 2. The summed E-state index contributed by atoms with van der Waals surface area (Å²) < 4.78 is 1.76. The van der Waals surface area contributed by atoms with Crippen LogP contribution in [0.5, 0.6) is 0 Å². The fourth-order valence-electron chi connectivity index (χ4n) is 2.99. The Balaban J connectivity index is 1.96. The van der Waals surface area contributed by atoms with Gasteiger partial charge in [0.1, 0.15) is 5.82 Å². The second-order valence-electron chi connectivity index (χ2n) is 6.52. The number of aryl methyl sites for hydroxylation is 1. The first kappa shape index (κ1) is 20.7. The second kappa shape index (κ2) is 9.45. The number of nitrogens with two attached hydrogens (primary N) is 1. The standard InChI is InChI=1S/C21H22ClN5O2/c1-14-25-26-19(13-24-20(28)8-5-11-23)27(14)18-10-9-16(22)12-17(18)21(29)15-6-3-2-4-7-15/h2-4,6-7,9-10,12H,5,8,11,13,23H2,1H3,(H,24,28). The van der Waals surface area contributed by atoms with Crippen molar-refractivity contribution in [1.82, 2.24) is 20.1 Å². The van der Waals surface area contributed by atoms with E-state index in [-0.39, 0.29) is 18.2 Å². The normalized spacial score (nSPS) is 10.7. The van der Waals surface area contributed by atoms with Crippen molar-refractivity contribution in [2.24, 2.45) is 5.73 Å². The smallest absolute Gasteiger partial charge is 0.220 e. The van der Waals surface area contributed by atoms with Crippen LogP contribution < -0.4 is 11.1 Å². The average molecular weight is 412 g/mol. The summed E-state index contributed by atoms with van der Waals surface area (Å²) in [4.78, 5) is 25.1. The number of halogens is 1. The minimum Gasteiger partial charge on any atom is -0.349 e. The number of hydrogen-bond acceptors (Lipinski definition) is 5. The Bertz CT molecular complexity index is 1020. The number of benzene rings is 2. The summed E-state index contributed by atoms with van der Waals surface area (Å²) in [6, 6.07) is 14.1. The molecule has 2 aromatic carbocycles. The summed E-state index contributed by atoms with van der Waals surface area (Å²) in [5.74, 6) is 0.849. The second-order valence-corrected chi connectivity index (χ2v) is 6.96. The minimum absolute atomic E-state index is 0.112. The van der Waals surface area contributed by atoms with Crippen molar-refractivity contribution in [3.8, 4) is 5.69 Å². The fraction of sp³-hybridized carbons (Fsp3) is 0.238. The zero-order valence-corrected chi connectivity index (χ0v) is 16.8. The molecule has 1 aromatic heterocycles. The maximum absolute atomic E-state index is 13.1. The van der Waals surface area contributed by atoms with Crippen LogP contribution in [0.1, 0.15) is 40.4 Å². The highest BCUT2D eigenvalue weighted by molar-refractivity contribution is 6.31. The van der Waals surface area contributed by atoms with Gasteiger partial charge in [-0.2, -0.15) is 0 Å². The minimum atomic E-state index is -0.158. The zero-order chi connectivity index (χ0) is 20.8. The lowest BCUT2D eigenvalue weighted by molar-refractivity contribution is -0.121. The van der Waals surface area contributed by atoms with E-state index in [1.54, 1.807) is 41.8 Å². The topological polar surface area (TPSA) is 103 Å². The van der Waals surface area contributed by atoms with Crippen LogP contribution in [0.4, 0.5) is 0 Å². The quantitative estimate of drug-likeness (QED) is 0.555. The number of nitrogens with one attached hydrogen (secondary N) is 1. The Morgan fingerprint density at radius 1 is 1.14 bits per heavy atom. The molecular formula is C21H22ClN5O2. The van der Waals surface area contributed by atoms with Gasteiger partial charge in [-0.05, 0) is 38.1 Å². The van der Waals surface area contributed by atoms with Crippen LogP contribution in [0.25, 0.3) is 5.69 Å². The molecule has 0 spiro atoms. The van der Waals surface area contributed by atoms with Crippen molar-refractivity contribution in [2.75, 3.05) is 6.54 Å². The molecule has 0 aliphatic heterocycles. The van der Waals surface area contributed by atoms with Gasteiger partial charge in [-0.25, -0.2) is 0 Å². The van der Waals surface area contributed by atoms with Crippen molar-refractivity contribution >= 4 is 23.3 Å². The molecule has 7 nitrogen and oxygen atoms in total. The van der Waals surface area contributed by atoms with Crippen molar-refractivity contribution in [2.45, 2.75) is 26.3 Å². The third kappa shape index (κ3) is 4.88. The maximum Gasteiger partial charge on any atom is 0.220 e. The first-order chi connectivity index (χ1) is 14.0. The number of ketones is 1. The first-order valence-electron chi connectivity index (χ1n) is 9.28. The Morgan fingerprint density at radius 3 is 2.62 bits per heavy atom. The monoisotopic (exact) mass is 411 g/mol. The van der Waals surface area contributed by atoms with E-state index in [0.717, 1.165) is 0 Å². The van der Waals surface area contributed by atoms with Gasteiger partial charge in [0, 0.05) is 22.6 Å². The average Bonchev–Trinajstić information content (AvgIpc) is 3.11. The molecule has 0 radical (unpaired) electrons.